The second-order valence-electron chi connectivity index (χ2n) is 4.49. The molecule has 92 valence electrons. The average Bonchev–Trinajstić information content (AvgIpc) is 3.13. The Balaban J connectivity index is 1.96. The summed E-state index contributed by atoms with van der Waals surface area (Å²) in [7, 11) is 1.95. The predicted octanol–water partition coefficient (Wildman–Crippen LogP) is 2.63. The lowest BCUT2D eigenvalue weighted by molar-refractivity contribution is 0.0963. The lowest BCUT2D eigenvalue weighted by Crippen LogP contribution is -2.24. The predicted molar refractivity (Wildman–Crippen MR) is 61.0 cm³/mol. The topological polar surface area (TPSA) is 20.3 Å². The minimum absolute atomic E-state index is 0.144. The van der Waals surface area contributed by atoms with Crippen molar-refractivity contribution < 1.29 is 13.6 Å². The van der Waals surface area contributed by atoms with Gasteiger partial charge in [-0.05, 0) is 32.0 Å². The molecule has 2 nitrogen and oxygen atoms in total. The van der Waals surface area contributed by atoms with E-state index in [2.05, 4.69) is 4.90 Å². The fourth-order valence-electron chi connectivity index (χ4n) is 1.83. The van der Waals surface area contributed by atoms with Crippen LogP contribution in [0.3, 0.4) is 0 Å². The molecule has 0 atom stereocenters. The van der Waals surface area contributed by atoms with Crippen LogP contribution in [0.5, 0.6) is 0 Å². The molecule has 1 aliphatic carbocycles. The van der Waals surface area contributed by atoms with Crippen molar-refractivity contribution in [1.82, 2.24) is 4.90 Å². The zero-order valence-corrected chi connectivity index (χ0v) is 9.75. The quantitative estimate of drug-likeness (QED) is 0.736. The normalized spacial score (nSPS) is 15.3. The minimum Gasteiger partial charge on any atom is -0.303 e. The van der Waals surface area contributed by atoms with Crippen molar-refractivity contribution in [3.63, 3.8) is 0 Å². The van der Waals surface area contributed by atoms with Gasteiger partial charge in [0.15, 0.2) is 17.4 Å². The molecule has 0 radical (unpaired) electrons. The molecule has 0 spiro atoms. The summed E-state index contributed by atoms with van der Waals surface area (Å²) in [5.74, 6) is -2.34. The first-order valence-electron chi connectivity index (χ1n) is 5.77. The Bertz CT molecular complexity index is 429. The number of rotatable bonds is 5. The summed E-state index contributed by atoms with van der Waals surface area (Å²) in [6, 6.07) is 4.27. The van der Waals surface area contributed by atoms with Crippen LogP contribution < -0.4 is 0 Å². The van der Waals surface area contributed by atoms with E-state index in [1.54, 1.807) is 0 Å². The highest BCUT2D eigenvalue weighted by Gasteiger charge is 2.26. The van der Waals surface area contributed by atoms with Gasteiger partial charge >= 0.3 is 0 Å². The molecule has 1 aliphatic rings. The summed E-state index contributed by atoms with van der Waals surface area (Å²) >= 11 is 0. The maximum Gasteiger partial charge on any atom is 0.169 e. The number of hydrogen-bond donors (Lipinski definition) is 0. The molecular weight excluding hydrogens is 224 g/mol. The van der Waals surface area contributed by atoms with Crippen molar-refractivity contribution in [3.8, 4) is 0 Å². The smallest absolute Gasteiger partial charge is 0.169 e. The molecule has 17 heavy (non-hydrogen) atoms. The molecule has 2 rings (SSSR count). The molecule has 4 heteroatoms. The lowest BCUT2D eigenvalue weighted by atomic mass is 10.1. The van der Waals surface area contributed by atoms with Gasteiger partial charge in [-0.25, -0.2) is 8.78 Å². The maximum atomic E-state index is 13.3. The number of nitrogens with zero attached hydrogens (tertiary/aromatic N) is 1. The maximum absolute atomic E-state index is 13.3. The van der Waals surface area contributed by atoms with Gasteiger partial charge in [0, 0.05) is 19.0 Å². The number of halogens is 2. The summed E-state index contributed by atoms with van der Waals surface area (Å²) in [4.78, 5) is 13.8. The van der Waals surface area contributed by atoms with Crippen molar-refractivity contribution in [2.75, 3.05) is 13.6 Å². The monoisotopic (exact) mass is 239 g/mol. The molecule has 0 saturated heterocycles. The van der Waals surface area contributed by atoms with E-state index < -0.39 is 11.6 Å². The zero-order valence-electron chi connectivity index (χ0n) is 9.75. The lowest BCUT2D eigenvalue weighted by Gasteiger charge is -2.14. The zero-order chi connectivity index (χ0) is 12.4. The fourth-order valence-corrected chi connectivity index (χ4v) is 1.83. The molecule has 0 aromatic heterocycles. The molecule has 0 N–H and O–H groups in total. The van der Waals surface area contributed by atoms with Gasteiger partial charge in [-0.3, -0.25) is 4.79 Å². The van der Waals surface area contributed by atoms with Crippen LogP contribution in [0.1, 0.15) is 29.6 Å². The summed E-state index contributed by atoms with van der Waals surface area (Å²) in [6.07, 6.45) is 2.56. The van der Waals surface area contributed by atoms with Crippen LogP contribution in [0.2, 0.25) is 0 Å². The van der Waals surface area contributed by atoms with Gasteiger partial charge in [-0.2, -0.15) is 0 Å². The fraction of sp³-hybridized carbons (Fsp3) is 0.462. The van der Waals surface area contributed by atoms with Gasteiger partial charge in [0.25, 0.3) is 0 Å². The van der Waals surface area contributed by atoms with Crippen LogP contribution in [0.25, 0.3) is 0 Å². The van der Waals surface area contributed by atoms with E-state index in [9.17, 15) is 13.6 Å². The first-order valence-corrected chi connectivity index (χ1v) is 5.77. The Morgan fingerprint density at radius 1 is 1.41 bits per heavy atom. The molecule has 0 bridgehead atoms. The summed E-state index contributed by atoms with van der Waals surface area (Å²) in [5.41, 5.74) is -0.144. The van der Waals surface area contributed by atoms with Crippen LogP contribution in [0.4, 0.5) is 8.78 Å². The Labute approximate surface area is 99.2 Å². The number of carbonyl (C=O) groups excluding carboxylic acids is 1. The first-order chi connectivity index (χ1) is 8.09. The third-order valence-electron chi connectivity index (χ3n) is 3.11. The minimum atomic E-state index is -1.04. The second kappa shape index (κ2) is 4.92. The van der Waals surface area contributed by atoms with Crippen LogP contribution in [-0.4, -0.2) is 30.3 Å². The third kappa shape index (κ3) is 2.88. The molecular formula is C13H15F2NO. The molecule has 1 fully saturated rings. The summed E-state index contributed by atoms with van der Waals surface area (Å²) in [6.45, 7) is 0.597. The van der Waals surface area contributed by atoms with Crippen molar-refractivity contribution in [2.45, 2.75) is 25.3 Å². The van der Waals surface area contributed by atoms with E-state index in [0.717, 1.165) is 6.07 Å². The standard InChI is InChI=1S/C13H15F2NO/c1-16(9-5-6-9)8-7-12(17)10-3-2-4-11(14)13(10)15/h2-4,9H,5-8H2,1H3. The average molecular weight is 239 g/mol. The van der Waals surface area contributed by atoms with Gasteiger partial charge in [0.2, 0.25) is 0 Å². The molecule has 1 aromatic carbocycles. The third-order valence-corrected chi connectivity index (χ3v) is 3.11. The first kappa shape index (κ1) is 12.2. The highest BCUT2D eigenvalue weighted by molar-refractivity contribution is 5.96. The Morgan fingerprint density at radius 2 is 2.12 bits per heavy atom. The van der Waals surface area contributed by atoms with E-state index >= 15 is 0 Å². The number of benzene rings is 1. The summed E-state index contributed by atoms with van der Waals surface area (Å²) in [5, 5.41) is 0. The number of hydrogen-bond acceptors (Lipinski definition) is 2. The van der Waals surface area contributed by atoms with Crippen molar-refractivity contribution in [2.24, 2.45) is 0 Å². The highest BCUT2D eigenvalue weighted by Crippen LogP contribution is 2.25. The van der Waals surface area contributed by atoms with Crippen molar-refractivity contribution in [1.29, 1.82) is 0 Å². The van der Waals surface area contributed by atoms with E-state index in [4.69, 9.17) is 0 Å². The van der Waals surface area contributed by atoms with Crippen LogP contribution in [0, 0.1) is 11.6 Å². The molecule has 0 amide bonds. The van der Waals surface area contributed by atoms with Crippen LogP contribution in [0.15, 0.2) is 18.2 Å². The van der Waals surface area contributed by atoms with Gasteiger partial charge in [-0.1, -0.05) is 6.07 Å². The van der Waals surface area contributed by atoms with E-state index in [1.165, 1.54) is 25.0 Å². The van der Waals surface area contributed by atoms with Crippen LogP contribution >= 0.6 is 0 Å². The summed E-state index contributed by atoms with van der Waals surface area (Å²) < 4.78 is 26.3. The van der Waals surface area contributed by atoms with Crippen LogP contribution in [-0.2, 0) is 0 Å². The second-order valence-corrected chi connectivity index (χ2v) is 4.49. The van der Waals surface area contributed by atoms with E-state index in [1.807, 2.05) is 7.05 Å². The Hall–Kier alpha value is -1.29. The van der Waals surface area contributed by atoms with E-state index in [0.29, 0.717) is 12.6 Å². The number of Topliss-reactive ketones (excluding diaryl/α,β-unsaturated/α-hetero) is 1. The van der Waals surface area contributed by atoms with Crippen molar-refractivity contribution >= 4 is 5.78 Å². The molecule has 1 saturated carbocycles. The van der Waals surface area contributed by atoms with Gasteiger partial charge < -0.3 is 4.90 Å². The van der Waals surface area contributed by atoms with E-state index in [-0.39, 0.29) is 17.8 Å². The highest BCUT2D eigenvalue weighted by atomic mass is 19.2. The van der Waals surface area contributed by atoms with Gasteiger partial charge in [0.1, 0.15) is 0 Å². The van der Waals surface area contributed by atoms with Gasteiger partial charge in [0.05, 0.1) is 5.56 Å². The van der Waals surface area contributed by atoms with Crippen molar-refractivity contribution in [3.05, 3.63) is 35.4 Å². The largest absolute Gasteiger partial charge is 0.303 e. The molecule has 1 aromatic rings. The molecule has 0 aliphatic heterocycles. The molecule has 0 heterocycles. The Kier molecular flexibility index (Phi) is 3.52. The van der Waals surface area contributed by atoms with Gasteiger partial charge in [-0.15, -0.1) is 0 Å². The molecule has 0 unspecified atom stereocenters. The Morgan fingerprint density at radius 3 is 2.76 bits per heavy atom. The SMILES string of the molecule is CN(CCC(=O)c1cccc(F)c1F)C1CC1. The number of carbonyl (C=O) groups is 1. The number of ketones is 1.